The standard InChI is InChI=1S/C24H32N4O3/c1-17-4-6-19(7-5-17)26-24(30)27-20-8-9-22(28-13-10-18(2)11-14-28)21(16-20)23(29)25-12-15-31-3/h4-9,16,18H,10-15H2,1-3H3,(H,25,29)(H2,26,27,30). The number of nitrogens with zero attached hydrogens (tertiary/aromatic N) is 1. The lowest BCUT2D eigenvalue weighted by Crippen LogP contribution is -2.35. The van der Waals surface area contributed by atoms with Crippen LogP contribution in [-0.4, -0.2) is 45.3 Å². The molecule has 1 aliphatic rings. The van der Waals surface area contributed by atoms with Crippen LogP contribution in [0, 0.1) is 12.8 Å². The average Bonchev–Trinajstić information content (AvgIpc) is 2.76. The maximum atomic E-state index is 12.9. The summed E-state index contributed by atoms with van der Waals surface area (Å²) in [5.74, 6) is 0.523. The number of urea groups is 1. The van der Waals surface area contributed by atoms with Gasteiger partial charge in [-0.15, -0.1) is 0 Å². The van der Waals surface area contributed by atoms with Crippen molar-refractivity contribution in [1.82, 2.24) is 5.32 Å². The summed E-state index contributed by atoms with van der Waals surface area (Å²) in [6, 6.07) is 12.7. The fourth-order valence-electron chi connectivity index (χ4n) is 3.61. The van der Waals surface area contributed by atoms with Crippen molar-refractivity contribution >= 4 is 29.0 Å². The fraction of sp³-hybridized carbons (Fsp3) is 0.417. The van der Waals surface area contributed by atoms with Gasteiger partial charge in [0, 0.05) is 43.8 Å². The molecule has 0 bridgehead atoms. The minimum Gasteiger partial charge on any atom is -0.383 e. The molecule has 3 N–H and O–H groups in total. The van der Waals surface area contributed by atoms with E-state index in [4.69, 9.17) is 4.74 Å². The highest BCUT2D eigenvalue weighted by Gasteiger charge is 2.21. The van der Waals surface area contributed by atoms with Gasteiger partial charge in [-0.3, -0.25) is 4.79 Å². The lowest BCUT2D eigenvalue weighted by Gasteiger charge is -2.33. The summed E-state index contributed by atoms with van der Waals surface area (Å²) in [5, 5.41) is 8.54. The second kappa shape index (κ2) is 10.8. The highest BCUT2D eigenvalue weighted by Crippen LogP contribution is 2.29. The maximum absolute atomic E-state index is 12.9. The Morgan fingerprint density at radius 3 is 2.35 bits per heavy atom. The van der Waals surface area contributed by atoms with E-state index in [0.29, 0.717) is 36.0 Å². The molecule has 0 aromatic heterocycles. The molecule has 166 valence electrons. The zero-order valence-corrected chi connectivity index (χ0v) is 18.5. The first-order valence-corrected chi connectivity index (χ1v) is 10.8. The second-order valence-electron chi connectivity index (χ2n) is 8.10. The van der Waals surface area contributed by atoms with E-state index in [1.807, 2.05) is 43.3 Å². The third-order valence-corrected chi connectivity index (χ3v) is 5.52. The Hall–Kier alpha value is -3.06. The molecule has 0 atom stereocenters. The molecule has 7 nitrogen and oxygen atoms in total. The van der Waals surface area contributed by atoms with Gasteiger partial charge in [-0.25, -0.2) is 4.79 Å². The molecular weight excluding hydrogens is 392 g/mol. The van der Waals surface area contributed by atoms with Gasteiger partial charge < -0.3 is 25.6 Å². The Labute approximate surface area is 184 Å². The summed E-state index contributed by atoms with van der Waals surface area (Å²) < 4.78 is 5.04. The lowest BCUT2D eigenvalue weighted by atomic mass is 9.98. The van der Waals surface area contributed by atoms with E-state index in [-0.39, 0.29) is 11.9 Å². The van der Waals surface area contributed by atoms with Crippen LogP contribution in [-0.2, 0) is 4.74 Å². The molecule has 1 heterocycles. The Balaban J connectivity index is 1.75. The smallest absolute Gasteiger partial charge is 0.323 e. The highest BCUT2D eigenvalue weighted by atomic mass is 16.5. The van der Waals surface area contributed by atoms with E-state index in [2.05, 4.69) is 27.8 Å². The minimum absolute atomic E-state index is 0.173. The first-order valence-electron chi connectivity index (χ1n) is 10.8. The van der Waals surface area contributed by atoms with Gasteiger partial charge in [0.05, 0.1) is 12.2 Å². The lowest BCUT2D eigenvalue weighted by molar-refractivity contribution is 0.0937. The summed E-state index contributed by atoms with van der Waals surface area (Å²) in [6.07, 6.45) is 2.20. The van der Waals surface area contributed by atoms with Crippen LogP contribution in [0.1, 0.15) is 35.7 Å². The SMILES string of the molecule is COCCNC(=O)c1cc(NC(=O)Nc2ccc(C)cc2)ccc1N1CCC(C)CC1. The molecule has 1 aliphatic heterocycles. The number of ether oxygens (including phenoxy) is 1. The number of amides is 3. The van der Waals surface area contributed by atoms with Crippen LogP contribution in [0.2, 0.25) is 0 Å². The zero-order chi connectivity index (χ0) is 22.2. The molecule has 1 fully saturated rings. The molecule has 7 heteroatoms. The van der Waals surface area contributed by atoms with Crippen molar-refractivity contribution in [2.24, 2.45) is 5.92 Å². The topological polar surface area (TPSA) is 82.7 Å². The van der Waals surface area contributed by atoms with Crippen molar-refractivity contribution in [1.29, 1.82) is 0 Å². The van der Waals surface area contributed by atoms with Crippen molar-refractivity contribution in [2.45, 2.75) is 26.7 Å². The van der Waals surface area contributed by atoms with E-state index in [1.165, 1.54) is 0 Å². The number of hydrogen-bond acceptors (Lipinski definition) is 4. The van der Waals surface area contributed by atoms with E-state index < -0.39 is 0 Å². The molecule has 0 saturated carbocycles. The maximum Gasteiger partial charge on any atom is 0.323 e. The summed E-state index contributed by atoms with van der Waals surface area (Å²) in [6.45, 7) is 6.96. The Bertz CT molecular complexity index is 890. The zero-order valence-electron chi connectivity index (χ0n) is 18.5. The molecule has 3 rings (SSSR count). The van der Waals surface area contributed by atoms with Crippen molar-refractivity contribution in [2.75, 3.05) is 48.9 Å². The average molecular weight is 425 g/mol. The van der Waals surface area contributed by atoms with E-state index in [0.717, 1.165) is 37.2 Å². The number of hydrogen-bond donors (Lipinski definition) is 3. The number of anilines is 3. The van der Waals surface area contributed by atoms with Crippen molar-refractivity contribution in [3.05, 3.63) is 53.6 Å². The highest BCUT2D eigenvalue weighted by molar-refractivity contribution is 6.04. The van der Waals surface area contributed by atoms with Crippen LogP contribution in [0.5, 0.6) is 0 Å². The molecule has 2 aromatic rings. The van der Waals surface area contributed by atoms with Crippen LogP contribution in [0.15, 0.2) is 42.5 Å². The molecule has 2 aromatic carbocycles. The number of rotatable bonds is 7. The van der Waals surface area contributed by atoms with Crippen LogP contribution in [0.3, 0.4) is 0 Å². The van der Waals surface area contributed by atoms with Gasteiger partial charge in [-0.05, 0) is 56.0 Å². The van der Waals surface area contributed by atoms with Gasteiger partial charge in [0.15, 0.2) is 0 Å². The van der Waals surface area contributed by atoms with Crippen molar-refractivity contribution < 1.29 is 14.3 Å². The normalized spacial score (nSPS) is 14.2. The van der Waals surface area contributed by atoms with Gasteiger partial charge in [0.25, 0.3) is 5.91 Å². The van der Waals surface area contributed by atoms with Gasteiger partial charge in [-0.2, -0.15) is 0 Å². The van der Waals surface area contributed by atoms with Crippen LogP contribution >= 0.6 is 0 Å². The predicted octanol–water partition coefficient (Wildman–Crippen LogP) is 4.25. The molecule has 1 saturated heterocycles. The number of methoxy groups -OCH3 is 1. The first kappa shape index (κ1) is 22.6. The fourth-order valence-corrected chi connectivity index (χ4v) is 3.61. The molecular formula is C24H32N4O3. The number of piperidine rings is 1. The van der Waals surface area contributed by atoms with Crippen molar-refractivity contribution in [3.8, 4) is 0 Å². The van der Waals surface area contributed by atoms with Gasteiger partial charge in [0.1, 0.15) is 0 Å². The number of aryl methyl sites for hydroxylation is 1. The number of carbonyl (C=O) groups is 2. The molecule has 0 aliphatic carbocycles. The molecule has 0 spiro atoms. The van der Waals surface area contributed by atoms with Crippen LogP contribution < -0.4 is 20.9 Å². The monoisotopic (exact) mass is 424 g/mol. The molecule has 0 unspecified atom stereocenters. The van der Waals surface area contributed by atoms with E-state index in [1.54, 1.807) is 13.2 Å². The Morgan fingerprint density at radius 2 is 1.68 bits per heavy atom. The largest absolute Gasteiger partial charge is 0.383 e. The summed E-state index contributed by atoms with van der Waals surface area (Å²) in [5.41, 5.74) is 3.85. The molecule has 3 amide bonds. The predicted molar refractivity (Wildman–Crippen MR) is 125 cm³/mol. The van der Waals surface area contributed by atoms with Crippen LogP contribution in [0.4, 0.5) is 21.9 Å². The van der Waals surface area contributed by atoms with Gasteiger partial charge >= 0.3 is 6.03 Å². The van der Waals surface area contributed by atoms with Crippen molar-refractivity contribution in [3.63, 3.8) is 0 Å². The summed E-state index contributed by atoms with van der Waals surface area (Å²) in [4.78, 5) is 27.6. The van der Waals surface area contributed by atoms with Crippen LogP contribution in [0.25, 0.3) is 0 Å². The van der Waals surface area contributed by atoms with Gasteiger partial charge in [0.2, 0.25) is 0 Å². The third kappa shape index (κ3) is 6.46. The molecule has 31 heavy (non-hydrogen) atoms. The van der Waals surface area contributed by atoms with E-state index in [9.17, 15) is 9.59 Å². The Morgan fingerprint density at radius 1 is 1.03 bits per heavy atom. The second-order valence-corrected chi connectivity index (χ2v) is 8.10. The quantitative estimate of drug-likeness (QED) is 0.580. The molecule has 0 radical (unpaired) electrons. The number of benzene rings is 2. The summed E-state index contributed by atoms with van der Waals surface area (Å²) in [7, 11) is 1.60. The number of nitrogens with one attached hydrogen (secondary N) is 3. The first-order chi connectivity index (χ1) is 15.0. The van der Waals surface area contributed by atoms with Gasteiger partial charge in [-0.1, -0.05) is 24.6 Å². The minimum atomic E-state index is -0.353. The number of carbonyl (C=O) groups excluding carboxylic acids is 2. The van der Waals surface area contributed by atoms with E-state index >= 15 is 0 Å². The third-order valence-electron chi connectivity index (χ3n) is 5.52. The Kier molecular flexibility index (Phi) is 7.89. The summed E-state index contributed by atoms with van der Waals surface area (Å²) >= 11 is 0.